The van der Waals surface area contributed by atoms with E-state index in [0.717, 1.165) is 46.4 Å². The Morgan fingerprint density at radius 3 is 2.71 bits per heavy atom. The van der Waals surface area contributed by atoms with Crippen LogP contribution in [0.4, 0.5) is 4.79 Å². The van der Waals surface area contributed by atoms with Crippen molar-refractivity contribution in [2.75, 3.05) is 6.54 Å². The van der Waals surface area contributed by atoms with Crippen molar-refractivity contribution in [3.8, 4) is 0 Å². The first kappa shape index (κ1) is 18.4. The number of rotatable bonds is 3. The summed E-state index contributed by atoms with van der Waals surface area (Å²) in [6, 6.07) is 13.0. The van der Waals surface area contributed by atoms with Gasteiger partial charge in [-0.05, 0) is 62.3 Å². The molecule has 0 radical (unpaired) electrons. The third-order valence-corrected chi connectivity index (χ3v) is 5.90. The van der Waals surface area contributed by atoms with E-state index >= 15 is 0 Å². The second-order valence-electron chi connectivity index (χ2n) is 7.83. The Morgan fingerprint density at radius 1 is 1.11 bits per heavy atom. The molecule has 4 rings (SSSR count). The van der Waals surface area contributed by atoms with Gasteiger partial charge >= 0.3 is 6.03 Å². The summed E-state index contributed by atoms with van der Waals surface area (Å²) in [5, 5.41) is 2.93. The van der Waals surface area contributed by atoms with Crippen LogP contribution in [0.15, 0.2) is 42.5 Å². The summed E-state index contributed by atoms with van der Waals surface area (Å²) in [6.45, 7) is 3.54. The number of nitrogens with zero attached hydrogens (tertiary/aromatic N) is 1. The second-order valence-corrected chi connectivity index (χ2v) is 7.83. The van der Waals surface area contributed by atoms with Crippen molar-refractivity contribution in [3.05, 3.63) is 70.3 Å². The molecule has 5 nitrogen and oxygen atoms in total. The molecule has 5 heteroatoms. The minimum absolute atomic E-state index is 0.219. The Morgan fingerprint density at radius 2 is 1.89 bits per heavy atom. The first-order chi connectivity index (χ1) is 13.4. The van der Waals surface area contributed by atoms with E-state index in [2.05, 4.69) is 5.32 Å². The number of fused-ring (bicyclic) bond motifs is 2. The molecule has 1 atom stereocenters. The number of hydrogen-bond acceptors (Lipinski definition) is 3. The van der Waals surface area contributed by atoms with Crippen LogP contribution in [0.2, 0.25) is 0 Å². The van der Waals surface area contributed by atoms with Gasteiger partial charge in [-0.15, -0.1) is 0 Å². The molecule has 0 bridgehead atoms. The topological polar surface area (TPSA) is 66.5 Å². The number of carbonyl (C=O) groups excluding carboxylic acids is 3. The first-order valence-electron chi connectivity index (χ1n) is 9.75. The minimum atomic E-state index is -1.05. The molecule has 1 aliphatic heterocycles. The van der Waals surface area contributed by atoms with Crippen LogP contribution < -0.4 is 5.32 Å². The van der Waals surface area contributed by atoms with Crippen molar-refractivity contribution in [2.24, 2.45) is 0 Å². The lowest BCUT2D eigenvalue weighted by molar-refractivity contribution is -0.131. The molecule has 1 unspecified atom stereocenters. The van der Waals surface area contributed by atoms with Gasteiger partial charge in [-0.1, -0.05) is 42.0 Å². The predicted octanol–water partition coefficient (Wildman–Crippen LogP) is 3.66. The molecule has 2 aromatic rings. The Labute approximate surface area is 164 Å². The highest BCUT2D eigenvalue weighted by Gasteiger charge is 2.53. The number of imide groups is 1. The van der Waals surface area contributed by atoms with Crippen molar-refractivity contribution in [2.45, 2.75) is 45.1 Å². The van der Waals surface area contributed by atoms with Crippen LogP contribution in [0.1, 0.15) is 51.9 Å². The van der Waals surface area contributed by atoms with E-state index in [1.54, 1.807) is 0 Å². The van der Waals surface area contributed by atoms with E-state index in [4.69, 9.17) is 0 Å². The summed E-state index contributed by atoms with van der Waals surface area (Å²) < 4.78 is 0. The van der Waals surface area contributed by atoms with Crippen molar-refractivity contribution in [3.63, 3.8) is 0 Å². The minimum Gasteiger partial charge on any atom is -0.319 e. The number of nitrogens with one attached hydrogen (secondary N) is 1. The van der Waals surface area contributed by atoms with Crippen LogP contribution in [-0.4, -0.2) is 29.2 Å². The van der Waals surface area contributed by atoms with Crippen LogP contribution in [0, 0.1) is 13.8 Å². The molecule has 28 heavy (non-hydrogen) atoms. The van der Waals surface area contributed by atoms with E-state index in [1.807, 2.05) is 56.3 Å². The van der Waals surface area contributed by atoms with Crippen LogP contribution >= 0.6 is 0 Å². The maximum Gasteiger partial charge on any atom is 0.325 e. The SMILES string of the molecule is Cc1ccc(C)c(C(=O)CN2C(=O)NC3(CCCCc4ccccc43)C2=O)c1. The molecule has 2 aromatic carbocycles. The Balaban J connectivity index is 1.67. The average Bonchev–Trinajstić information content (AvgIpc) is 2.83. The van der Waals surface area contributed by atoms with Gasteiger partial charge in [0.1, 0.15) is 5.54 Å². The maximum atomic E-state index is 13.4. The van der Waals surface area contributed by atoms with Crippen molar-refractivity contribution >= 4 is 17.7 Å². The monoisotopic (exact) mass is 376 g/mol. The number of carbonyl (C=O) groups is 3. The number of amides is 3. The predicted molar refractivity (Wildman–Crippen MR) is 106 cm³/mol. The zero-order chi connectivity index (χ0) is 19.9. The number of Topliss-reactive ketones (excluding diaryl/α,β-unsaturated/α-hetero) is 1. The molecular formula is C23H24N2O3. The molecule has 0 saturated carbocycles. The van der Waals surface area contributed by atoms with Gasteiger partial charge in [-0.3, -0.25) is 14.5 Å². The van der Waals surface area contributed by atoms with E-state index in [1.165, 1.54) is 0 Å². The van der Waals surface area contributed by atoms with Gasteiger partial charge in [-0.2, -0.15) is 0 Å². The first-order valence-corrected chi connectivity index (χ1v) is 9.75. The smallest absolute Gasteiger partial charge is 0.319 e. The highest BCUT2D eigenvalue weighted by atomic mass is 16.2. The molecule has 1 saturated heterocycles. The fraction of sp³-hybridized carbons (Fsp3) is 0.348. The zero-order valence-electron chi connectivity index (χ0n) is 16.2. The Bertz CT molecular complexity index is 982. The van der Waals surface area contributed by atoms with E-state index < -0.39 is 11.6 Å². The van der Waals surface area contributed by atoms with E-state index in [0.29, 0.717) is 12.0 Å². The van der Waals surface area contributed by atoms with Gasteiger partial charge in [0, 0.05) is 5.56 Å². The lowest BCUT2D eigenvalue weighted by Gasteiger charge is -2.27. The number of benzene rings is 2. The number of ketones is 1. The van der Waals surface area contributed by atoms with Crippen molar-refractivity contribution < 1.29 is 14.4 Å². The third-order valence-electron chi connectivity index (χ3n) is 5.90. The second kappa shape index (κ2) is 6.89. The molecule has 2 aliphatic rings. The van der Waals surface area contributed by atoms with Crippen molar-refractivity contribution in [1.29, 1.82) is 0 Å². The fourth-order valence-corrected chi connectivity index (χ4v) is 4.38. The largest absolute Gasteiger partial charge is 0.325 e. The number of hydrogen-bond donors (Lipinski definition) is 1. The summed E-state index contributed by atoms with van der Waals surface area (Å²) in [7, 11) is 0. The molecule has 144 valence electrons. The van der Waals surface area contributed by atoms with Crippen LogP contribution in [-0.2, 0) is 16.8 Å². The molecule has 1 aliphatic carbocycles. The Kier molecular flexibility index (Phi) is 4.53. The van der Waals surface area contributed by atoms with Crippen LogP contribution in [0.3, 0.4) is 0 Å². The molecule has 0 aromatic heterocycles. The maximum absolute atomic E-state index is 13.4. The quantitative estimate of drug-likeness (QED) is 0.657. The highest BCUT2D eigenvalue weighted by Crippen LogP contribution is 2.39. The standard InChI is InChI=1S/C23H24N2O3/c1-15-10-11-16(2)18(13-15)20(26)14-25-21(27)23(24-22(25)28)12-6-5-8-17-7-3-4-9-19(17)23/h3-4,7,9-11,13H,5-6,8,12,14H2,1-2H3,(H,24,28). The van der Waals surface area contributed by atoms with Gasteiger partial charge in [-0.25, -0.2) is 4.79 Å². The number of aryl methyl sites for hydroxylation is 3. The number of urea groups is 1. The van der Waals surface area contributed by atoms with Gasteiger partial charge < -0.3 is 5.32 Å². The lowest BCUT2D eigenvalue weighted by Crippen LogP contribution is -2.44. The fourth-order valence-electron chi connectivity index (χ4n) is 4.38. The normalized spacial score (nSPS) is 21.4. The third kappa shape index (κ3) is 2.91. The van der Waals surface area contributed by atoms with Gasteiger partial charge in [0.15, 0.2) is 5.78 Å². The summed E-state index contributed by atoms with van der Waals surface area (Å²) in [5.74, 6) is -0.533. The van der Waals surface area contributed by atoms with Gasteiger partial charge in [0.25, 0.3) is 5.91 Å². The highest BCUT2D eigenvalue weighted by molar-refractivity contribution is 6.11. The molecule has 1 N–H and O–H groups in total. The van der Waals surface area contributed by atoms with Gasteiger partial charge in [0.05, 0.1) is 6.54 Å². The van der Waals surface area contributed by atoms with E-state index in [-0.39, 0.29) is 18.2 Å². The van der Waals surface area contributed by atoms with Gasteiger partial charge in [0.2, 0.25) is 0 Å². The summed E-state index contributed by atoms with van der Waals surface area (Å²) in [6.07, 6.45) is 3.27. The van der Waals surface area contributed by atoms with E-state index in [9.17, 15) is 14.4 Å². The average molecular weight is 376 g/mol. The van der Waals surface area contributed by atoms with Crippen LogP contribution in [0.5, 0.6) is 0 Å². The lowest BCUT2D eigenvalue weighted by atomic mass is 9.84. The molecule has 1 heterocycles. The zero-order valence-corrected chi connectivity index (χ0v) is 16.2. The van der Waals surface area contributed by atoms with Crippen LogP contribution in [0.25, 0.3) is 0 Å². The summed E-state index contributed by atoms with van der Waals surface area (Å²) in [4.78, 5) is 40.1. The molecule has 1 spiro atoms. The molecular weight excluding hydrogens is 352 g/mol. The summed E-state index contributed by atoms with van der Waals surface area (Å²) in [5.41, 5.74) is 3.29. The summed E-state index contributed by atoms with van der Waals surface area (Å²) >= 11 is 0. The van der Waals surface area contributed by atoms with Crippen molar-refractivity contribution in [1.82, 2.24) is 10.2 Å². The molecule has 3 amide bonds. The molecule has 1 fully saturated rings. The Hall–Kier alpha value is -2.95.